The fourth-order valence-electron chi connectivity index (χ4n) is 1.96. The van der Waals surface area contributed by atoms with Crippen LogP contribution in [0.1, 0.15) is 35.9 Å². The number of anilines is 1. The molecule has 0 aliphatic rings. The Balaban J connectivity index is 2.32. The highest BCUT2D eigenvalue weighted by Gasteiger charge is 2.20. The van der Waals surface area contributed by atoms with Gasteiger partial charge in [0.1, 0.15) is 5.82 Å². The number of halogens is 1. The highest BCUT2D eigenvalue weighted by atomic mass is 35.5. The van der Waals surface area contributed by atoms with Gasteiger partial charge in [-0.3, -0.25) is 0 Å². The van der Waals surface area contributed by atoms with Crippen LogP contribution in [0.15, 0.2) is 30.6 Å². The lowest BCUT2D eigenvalue weighted by molar-refractivity contribution is 0.0521. The van der Waals surface area contributed by atoms with E-state index in [2.05, 4.69) is 4.98 Å². The van der Waals surface area contributed by atoms with Crippen molar-refractivity contribution in [1.29, 1.82) is 0 Å². The van der Waals surface area contributed by atoms with E-state index in [0.29, 0.717) is 5.02 Å². The number of nitrogen functional groups attached to an aromatic ring is 1. The fraction of sp³-hybridized carbons (Fsp3) is 0.286. The van der Waals surface area contributed by atoms with Crippen LogP contribution in [0.5, 0.6) is 0 Å². The van der Waals surface area contributed by atoms with Gasteiger partial charge in [-0.2, -0.15) is 0 Å². The number of aromatic nitrogens is 2. The monoisotopic (exact) mass is 293 g/mol. The maximum absolute atomic E-state index is 11.7. The first-order chi connectivity index (χ1) is 9.54. The molecule has 2 N–H and O–H groups in total. The van der Waals surface area contributed by atoms with Crippen molar-refractivity contribution in [2.75, 3.05) is 12.3 Å². The summed E-state index contributed by atoms with van der Waals surface area (Å²) in [6.45, 7) is 3.98. The first-order valence-corrected chi connectivity index (χ1v) is 6.67. The van der Waals surface area contributed by atoms with Crippen LogP contribution < -0.4 is 5.73 Å². The number of carbonyl (C=O) groups is 1. The van der Waals surface area contributed by atoms with Crippen LogP contribution in [0.2, 0.25) is 5.02 Å². The van der Waals surface area contributed by atoms with Gasteiger partial charge in [0.25, 0.3) is 0 Å². The number of ether oxygens (including phenoxy) is 1. The molecule has 0 saturated carbocycles. The third kappa shape index (κ3) is 2.77. The molecule has 1 aromatic carbocycles. The third-order valence-electron chi connectivity index (χ3n) is 3.05. The molecule has 5 nitrogen and oxygen atoms in total. The van der Waals surface area contributed by atoms with Crippen LogP contribution in [0.4, 0.5) is 5.82 Å². The second kappa shape index (κ2) is 5.96. The SMILES string of the molecule is CCOC(=O)c1ncn(C(C)c2cccc(Cl)c2)c1N. The van der Waals surface area contributed by atoms with Crippen LogP contribution in [-0.4, -0.2) is 22.1 Å². The molecule has 1 heterocycles. The number of rotatable bonds is 4. The normalized spacial score (nSPS) is 12.2. The van der Waals surface area contributed by atoms with E-state index in [1.807, 2.05) is 25.1 Å². The van der Waals surface area contributed by atoms with Crippen molar-refractivity contribution in [2.45, 2.75) is 19.9 Å². The summed E-state index contributed by atoms with van der Waals surface area (Å²) in [6.07, 6.45) is 1.53. The van der Waals surface area contributed by atoms with Crippen molar-refractivity contribution in [3.8, 4) is 0 Å². The van der Waals surface area contributed by atoms with Gasteiger partial charge in [-0.15, -0.1) is 0 Å². The molecule has 2 aromatic rings. The third-order valence-corrected chi connectivity index (χ3v) is 3.28. The number of nitrogens with zero attached hydrogens (tertiary/aromatic N) is 2. The van der Waals surface area contributed by atoms with Gasteiger partial charge >= 0.3 is 5.97 Å². The molecule has 20 heavy (non-hydrogen) atoms. The zero-order valence-corrected chi connectivity index (χ0v) is 12.1. The molecule has 0 radical (unpaired) electrons. The van der Waals surface area contributed by atoms with Crippen molar-refractivity contribution >= 4 is 23.4 Å². The highest BCUT2D eigenvalue weighted by molar-refractivity contribution is 6.30. The van der Waals surface area contributed by atoms with E-state index in [-0.39, 0.29) is 24.2 Å². The maximum Gasteiger partial charge on any atom is 0.360 e. The molecule has 0 fully saturated rings. The summed E-state index contributed by atoms with van der Waals surface area (Å²) in [7, 11) is 0. The van der Waals surface area contributed by atoms with E-state index in [4.69, 9.17) is 22.1 Å². The number of esters is 1. The van der Waals surface area contributed by atoms with E-state index in [0.717, 1.165) is 5.56 Å². The van der Waals surface area contributed by atoms with E-state index in [9.17, 15) is 4.79 Å². The number of hydrogen-bond acceptors (Lipinski definition) is 4. The summed E-state index contributed by atoms with van der Waals surface area (Å²) in [5.41, 5.74) is 7.10. The molecule has 1 unspecified atom stereocenters. The average Bonchev–Trinajstić information content (AvgIpc) is 2.80. The molecular formula is C14H16ClN3O2. The zero-order valence-electron chi connectivity index (χ0n) is 11.3. The minimum atomic E-state index is -0.512. The maximum atomic E-state index is 11.7. The Morgan fingerprint density at radius 1 is 1.55 bits per heavy atom. The Hall–Kier alpha value is -2.01. The highest BCUT2D eigenvalue weighted by Crippen LogP contribution is 2.25. The van der Waals surface area contributed by atoms with Gasteiger partial charge in [0.15, 0.2) is 5.69 Å². The summed E-state index contributed by atoms with van der Waals surface area (Å²) in [5, 5.41) is 0.652. The van der Waals surface area contributed by atoms with Crippen molar-refractivity contribution in [1.82, 2.24) is 9.55 Å². The molecule has 0 aliphatic carbocycles. The first kappa shape index (κ1) is 14.4. The van der Waals surface area contributed by atoms with Crippen LogP contribution >= 0.6 is 11.6 Å². The lowest BCUT2D eigenvalue weighted by Crippen LogP contribution is -2.12. The summed E-state index contributed by atoms with van der Waals surface area (Å²) in [6, 6.07) is 7.40. The Morgan fingerprint density at radius 3 is 2.95 bits per heavy atom. The van der Waals surface area contributed by atoms with Crippen molar-refractivity contribution in [3.05, 3.63) is 46.9 Å². The number of benzene rings is 1. The predicted octanol–water partition coefficient (Wildman–Crippen LogP) is 2.90. The summed E-state index contributed by atoms with van der Waals surface area (Å²) < 4.78 is 6.63. The van der Waals surface area contributed by atoms with Crippen molar-refractivity contribution < 1.29 is 9.53 Å². The molecule has 0 aliphatic heterocycles. The van der Waals surface area contributed by atoms with Gasteiger partial charge in [-0.1, -0.05) is 23.7 Å². The Morgan fingerprint density at radius 2 is 2.30 bits per heavy atom. The lowest BCUT2D eigenvalue weighted by atomic mass is 10.1. The number of carbonyl (C=O) groups excluding carboxylic acids is 1. The largest absolute Gasteiger partial charge is 0.461 e. The molecule has 0 bridgehead atoms. The quantitative estimate of drug-likeness (QED) is 0.880. The topological polar surface area (TPSA) is 70.1 Å². The minimum absolute atomic E-state index is 0.0793. The predicted molar refractivity (Wildman–Crippen MR) is 77.9 cm³/mol. The van der Waals surface area contributed by atoms with Gasteiger partial charge in [0, 0.05) is 5.02 Å². The summed E-state index contributed by atoms with van der Waals surface area (Å²) >= 11 is 5.98. The van der Waals surface area contributed by atoms with Crippen LogP contribution in [-0.2, 0) is 4.74 Å². The van der Waals surface area contributed by atoms with Crippen molar-refractivity contribution in [3.63, 3.8) is 0 Å². The van der Waals surface area contributed by atoms with E-state index >= 15 is 0 Å². The van der Waals surface area contributed by atoms with Gasteiger partial charge in [0.05, 0.1) is 19.0 Å². The molecular weight excluding hydrogens is 278 g/mol. The molecule has 1 atom stereocenters. The molecule has 1 aromatic heterocycles. The van der Waals surface area contributed by atoms with Crippen LogP contribution in [0.25, 0.3) is 0 Å². The van der Waals surface area contributed by atoms with Crippen molar-refractivity contribution in [2.24, 2.45) is 0 Å². The van der Waals surface area contributed by atoms with E-state index < -0.39 is 5.97 Å². The lowest BCUT2D eigenvalue weighted by Gasteiger charge is -2.15. The Bertz CT molecular complexity index is 625. The summed E-state index contributed by atoms with van der Waals surface area (Å²) in [4.78, 5) is 15.7. The molecule has 0 saturated heterocycles. The smallest absolute Gasteiger partial charge is 0.360 e. The van der Waals surface area contributed by atoms with Gasteiger partial charge < -0.3 is 15.0 Å². The number of imidazole rings is 1. The fourth-order valence-corrected chi connectivity index (χ4v) is 2.16. The molecule has 6 heteroatoms. The standard InChI is InChI=1S/C14H16ClN3O2/c1-3-20-14(19)12-13(16)18(8-17-12)9(2)10-5-4-6-11(15)7-10/h4-9H,3,16H2,1-2H3. The zero-order chi connectivity index (χ0) is 14.7. The van der Waals surface area contributed by atoms with E-state index in [1.54, 1.807) is 17.6 Å². The van der Waals surface area contributed by atoms with E-state index in [1.165, 1.54) is 6.33 Å². The average molecular weight is 294 g/mol. The van der Waals surface area contributed by atoms with Crippen LogP contribution in [0, 0.1) is 0 Å². The number of hydrogen-bond donors (Lipinski definition) is 1. The first-order valence-electron chi connectivity index (χ1n) is 6.29. The molecule has 0 spiro atoms. The van der Waals surface area contributed by atoms with Gasteiger partial charge in [-0.05, 0) is 31.5 Å². The second-order valence-corrected chi connectivity index (χ2v) is 4.77. The van der Waals surface area contributed by atoms with Crippen LogP contribution in [0.3, 0.4) is 0 Å². The molecule has 2 rings (SSSR count). The molecule has 0 amide bonds. The number of nitrogens with two attached hydrogens (primary N) is 1. The Kier molecular flexibility index (Phi) is 4.29. The van der Waals surface area contributed by atoms with Gasteiger partial charge in [-0.25, -0.2) is 9.78 Å². The van der Waals surface area contributed by atoms with Gasteiger partial charge in [0.2, 0.25) is 0 Å². The molecule has 106 valence electrons. The second-order valence-electron chi connectivity index (χ2n) is 4.34. The minimum Gasteiger partial charge on any atom is -0.461 e. The summed E-state index contributed by atoms with van der Waals surface area (Å²) in [5.74, 6) is -0.224. The Labute approximate surface area is 122 Å².